The van der Waals surface area contributed by atoms with E-state index >= 15 is 0 Å². The van der Waals surface area contributed by atoms with Crippen molar-refractivity contribution in [1.82, 2.24) is 10.6 Å². The summed E-state index contributed by atoms with van der Waals surface area (Å²) >= 11 is 0. The molecule has 0 aliphatic carbocycles. The smallest absolute Gasteiger partial charge is 0.326 e. The Morgan fingerprint density at radius 1 is 0.857 bits per heavy atom. The Morgan fingerprint density at radius 2 is 1.43 bits per heavy atom. The first-order valence-corrected chi connectivity index (χ1v) is 8.58. The predicted octanol–water partition coefficient (Wildman–Crippen LogP) is 2.25. The summed E-state index contributed by atoms with van der Waals surface area (Å²) in [6.45, 7) is 0. The molecule has 2 aromatic carbocycles. The van der Waals surface area contributed by atoms with Crippen molar-refractivity contribution in [2.45, 2.75) is 31.4 Å². The zero-order valence-corrected chi connectivity index (χ0v) is 14.8. The van der Waals surface area contributed by atoms with Crippen LogP contribution in [-0.2, 0) is 16.0 Å². The van der Waals surface area contributed by atoms with Crippen molar-refractivity contribution in [3.05, 3.63) is 71.8 Å². The van der Waals surface area contributed by atoms with Crippen molar-refractivity contribution in [3.8, 4) is 0 Å². The van der Waals surface area contributed by atoms with Crippen LogP contribution in [0.1, 0.15) is 22.3 Å². The van der Waals surface area contributed by atoms with E-state index in [1.54, 1.807) is 60.7 Å². The number of hydrogen-bond acceptors (Lipinski definition) is 3. The second-order valence-corrected chi connectivity index (χ2v) is 6.11. The molecule has 0 spiro atoms. The van der Waals surface area contributed by atoms with Crippen LogP contribution in [0.15, 0.2) is 60.7 Å². The van der Waals surface area contributed by atoms with Crippen LogP contribution in [-0.4, -0.2) is 41.4 Å². The van der Waals surface area contributed by atoms with Crippen molar-refractivity contribution in [1.29, 1.82) is 0 Å². The van der Waals surface area contributed by atoms with E-state index in [9.17, 15) is 23.2 Å². The minimum Gasteiger partial charge on any atom is -0.480 e. The first-order valence-electron chi connectivity index (χ1n) is 8.58. The summed E-state index contributed by atoms with van der Waals surface area (Å²) in [5.74, 6) is -2.94. The maximum Gasteiger partial charge on any atom is 0.326 e. The molecule has 0 aliphatic rings. The number of amides is 2. The fourth-order valence-electron chi connectivity index (χ4n) is 2.56. The SMILES string of the molecule is O=C(NC(Cc1ccccc1)C(=O)NC(CC(F)F)C(=O)O)c1ccccc1. The van der Waals surface area contributed by atoms with Gasteiger partial charge >= 0.3 is 5.97 Å². The van der Waals surface area contributed by atoms with Gasteiger partial charge in [-0.25, -0.2) is 13.6 Å². The van der Waals surface area contributed by atoms with Gasteiger partial charge in [-0.15, -0.1) is 0 Å². The van der Waals surface area contributed by atoms with Crippen molar-refractivity contribution in [3.63, 3.8) is 0 Å². The predicted molar refractivity (Wildman–Crippen MR) is 98.0 cm³/mol. The highest BCUT2D eigenvalue weighted by atomic mass is 19.3. The van der Waals surface area contributed by atoms with E-state index in [0.29, 0.717) is 5.56 Å². The van der Waals surface area contributed by atoms with Crippen molar-refractivity contribution in [2.24, 2.45) is 0 Å². The molecular weight excluding hydrogens is 370 g/mol. The molecule has 0 aromatic heterocycles. The summed E-state index contributed by atoms with van der Waals surface area (Å²) in [6.07, 6.45) is -3.84. The van der Waals surface area contributed by atoms with Crippen LogP contribution in [0.25, 0.3) is 0 Å². The molecular formula is C20H20F2N2O4. The van der Waals surface area contributed by atoms with Gasteiger partial charge in [-0.3, -0.25) is 9.59 Å². The number of carboxylic acids is 1. The Balaban J connectivity index is 2.17. The number of nitrogens with one attached hydrogen (secondary N) is 2. The van der Waals surface area contributed by atoms with E-state index in [0.717, 1.165) is 5.56 Å². The average Bonchev–Trinajstić information content (AvgIpc) is 2.68. The van der Waals surface area contributed by atoms with Gasteiger partial charge in [0.2, 0.25) is 12.3 Å². The van der Waals surface area contributed by atoms with E-state index in [2.05, 4.69) is 10.6 Å². The second-order valence-electron chi connectivity index (χ2n) is 6.11. The monoisotopic (exact) mass is 390 g/mol. The molecule has 8 heteroatoms. The van der Waals surface area contributed by atoms with Gasteiger partial charge in [0.25, 0.3) is 5.91 Å². The van der Waals surface area contributed by atoms with Crippen molar-refractivity contribution in [2.75, 3.05) is 0 Å². The number of rotatable bonds is 9. The lowest BCUT2D eigenvalue weighted by Crippen LogP contribution is -2.52. The molecule has 28 heavy (non-hydrogen) atoms. The molecule has 2 aromatic rings. The fraction of sp³-hybridized carbons (Fsp3) is 0.250. The van der Waals surface area contributed by atoms with E-state index in [1.165, 1.54) is 0 Å². The standard InChI is InChI=1S/C20H20F2N2O4/c21-17(22)12-16(20(27)28)24-19(26)15(11-13-7-3-1-4-8-13)23-18(25)14-9-5-2-6-10-14/h1-10,15-17H,11-12H2,(H,23,25)(H,24,26)(H,27,28). The van der Waals surface area contributed by atoms with Gasteiger partial charge in [0.1, 0.15) is 12.1 Å². The molecule has 0 radical (unpaired) electrons. The molecule has 2 rings (SSSR count). The molecule has 2 unspecified atom stereocenters. The van der Waals surface area contributed by atoms with Crippen LogP contribution < -0.4 is 10.6 Å². The summed E-state index contributed by atoms with van der Waals surface area (Å²) in [7, 11) is 0. The van der Waals surface area contributed by atoms with Crippen LogP contribution in [0, 0.1) is 0 Å². The molecule has 0 fully saturated rings. The van der Waals surface area contributed by atoms with Crippen LogP contribution in [0.3, 0.4) is 0 Å². The maximum absolute atomic E-state index is 12.6. The highest BCUT2D eigenvalue weighted by Crippen LogP contribution is 2.08. The lowest BCUT2D eigenvalue weighted by molar-refractivity contribution is -0.143. The summed E-state index contributed by atoms with van der Waals surface area (Å²) in [5, 5.41) is 13.7. The maximum atomic E-state index is 12.6. The van der Waals surface area contributed by atoms with Gasteiger partial charge in [0, 0.05) is 18.4 Å². The fourth-order valence-corrected chi connectivity index (χ4v) is 2.56. The van der Waals surface area contributed by atoms with Crippen LogP contribution in [0.4, 0.5) is 8.78 Å². The topological polar surface area (TPSA) is 95.5 Å². The second kappa shape index (κ2) is 10.1. The quantitative estimate of drug-likeness (QED) is 0.612. The molecule has 6 nitrogen and oxygen atoms in total. The molecule has 0 aliphatic heterocycles. The summed E-state index contributed by atoms with van der Waals surface area (Å²) in [6, 6.07) is 14.0. The average molecular weight is 390 g/mol. The highest BCUT2D eigenvalue weighted by molar-refractivity contribution is 5.98. The van der Waals surface area contributed by atoms with E-state index in [-0.39, 0.29) is 6.42 Å². The minimum atomic E-state index is -2.90. The largest absolute Gasteiger partial charge is 0.480 e. The van der Waals surface area contributed by atoms with Crippen LogP contribution in [0.2, 0.25) is 0 Å². The van der Waals surface area contributed by atoms with Crippen LogP contribution in [0.5, 0.6) is 0 Å². The van der Waals surface area contributed by atoms with Crippen molar-refractivity contribution >= 4 is 17.8 Å². The number of aliphatic carboxylic acids is 1. The number of halogens is 2. The molecule has 0 heterocycles. The highest BCUT2D eigenvalue weighted by Gasteiger charge is 2.29. The van der Waals surface area contributed by atoms with Gasteiger partial charge < -0.3 is 15.7 Å². The molecule has 0 saturated carbocycles. The van der Waals surface area contributed by atoms with Gasteiger partial charge in [-0.2, -0.15) is 0 Å². The summed E-state index contributed by atoms with van der Waals surface area (Å²) in [4.78, 5) is 36.2. The summed E-state index contributed by atoms with van der Waals surface area (Å²) < 4.78 is 25.2. The van der Waals surface area contributed by atoms with Gasteiger partial charge in [0.15, 0.2) is 0 Å². The Bertz CT molecular complexity index is 800. The first-order chi connectivity index (χ1) is 13.4. The zero-order valence-electron chi connectivity index (χ0n) is 14.8. The van der Waals surface area contributed by atoms with E-state index in [4.69, 9.17) is 5.11 Å². The third-order valence-corrected chi connectivity index (χ3v) is 3.97. The number of benzene rings is 2. The Labute approximate surface area is 160 Å². The molecule has 148 valence electrons. The Kier molecular flexibility index (Phi) is 7.62. The first kappa shape index (κ1) is 21.0. The third-order valence-electron chi connectivity index (χ3n) is 3.97. The zero-order chi connectivity index (χ0) is 20.5. The molecule has 0 saturated heterocycles. The number of hydrogen-bond donors (Lipinski definition) is 3. The van der Waals surface area contributed by atoms with Crippen molar-refractivity contribution < 1.29 is 28.3 Å². The lowest BCUT2D eigenvalue weighted by atomic mass is 10.0. The Hall–Kier alpha value is -3.29. The molecule has 0 bridgehead atoms. The number of carboxylic acid groups (broad SMARTS) is 1. The van der Waals surface area contributed by atoms with Gasteiger partial charge in [-0.1, -0.05) is 48.5 Å². The number of carbonyl (C=O) groups is 3. The van der Waals surface area contributed by atoms with Gasteiger partial charge in [0.05, 0.1) is 0 Å². The Morgan fingerprint density at radius 3 is 1.96 bits per heavy atom. The summed E-state index contributed by atoms with van der Waals surface area (Å²) in [5.41, 5.74) is 1.03. The lowest BCUT2D eigenvalue weighted by Gasteiger charge is -2.21. The third kappa shape index (κ3) is 6.46. The number of alkyl halides is 2. The van der Waals surface area contributed by atoms with Crippen LogP contribution >= 0.6 is 0 Å². The number of carbonyl (C=O) groups excluding carboxylic acids is 2. The molecule has 3 N–H and O–H groups in total. The minimum absolute atomic E-state index is 0.0757. The molecule has 2 amide bonds. The van der Waals surface area contributed by atoms with E-state index in [1.807, 2.05) is 0 Å². The van der Waals surface area contributed by atoms with E-state index < -0.39 is 42.7 Å². The molecule has 2 atom stereocenters. The normalized spacial score (nSPS) is 12.8. The van der Waals surface area contributed by atoms with Gasteiger partial charge in [-0.05, 0) is 17.7 Å².